The van der Waals surface area contributed by atoms with Crippen LogP contribution < -0.4 is 0 Å². The summed E-state index contributed by atoms with van der Waals surface area (Å²) in [6, 6.07) is 0. The lowest BCUT2D eigenvalue weighted by Gasteiger charge is -2.23. The van der Waals surface area contributed by atoms with Gasteiger partial charge in [-0.2, -0.15) is 0 Å². The summed E-state index contributed by atoms with van der Waals surface area (Å²) in [6.45, 7) is 1.79. The molecule has 3 N–H and O–H groups in total. The molecule has 1 aliphatic heterocycles. The number of carboxylic acid groups (broad SMARTS) is 3. The highest BCUT2D eigenvalue weighted by Crippen LogP contribution is 2.35. The summed E-state index contributed by atoms with van der Waals surface area (Å²) in [7, 11) is 0. The topological polar surface area (TPSA) is 124 Å². The molecule has 0 bridgehead atoms. The SMILES string of the molecule is C/C=C(\CC1CO1)C(C(=O)O)(C(=O)O)C(=O)O. The van der Waals surface area contributed by atoms with Gasteiger partial charge in [-0.15, -0.1) is 0 Å². The average Bonchev–Trinajstić information content (AvgIpc) is 2.99. The Bertz CT molecular complexity index is 355. The van der Waals surface area contributed by atoms with Crippen molar-refractivity contribution in [1.29, 1.82) is 0 Å². The van der Waals surface area contributed by atoms with Crippen molar-refractivity contribution in [2.24, 2.45) is 5.41 Å². The molecule has 7 nitrogen and oxygen atoms in total. The van der Waals surface area contributed by atoms with Gasteiger partial charge in [-0.05, 0) is 18.9 Å². The van der Waals surface area contributed by atoms with Crippen molar-refractivity contribution in [2.75, 3.05) is 6.61 Å². The van der Waals surface area contributed by atoms with Crippen LogP contribution in [0.25, 0.3) is 0 Å². The van der Waals surface area contributed by atoms with Gasteiger partial charge in [0.2, 0.25) is 0 Å². The van der Waals surface area contributed by atoms with Crippen LogP contribution in [0, 0.1) is 5.41 Å². The van der Waals surface area contributed by atoms with E-state index in [9.17, 15) is 14.4 Å². The van der Waals surface area contributed by atoms with E-state index >= 15 is 0 Å². The minimum absolute atomic E-state index is 0.0125. The van der Waals surface area contributed by atoms with E-state index in [-0.39, 0.29) is 18.1 Å². The molecule has 1 rings (SSSR count). The third-order valence-corrected chi connectivity index (χ3v) is 2.64. The maximum absolute atomic E-state index is 11.1. The molecule has 1 saturated heterocycles. The van der Waals surface area contributed by atoms with Crippen molar-refractivity contribution in [2.45, 2.75) is 19.4 Å². The Morgan fingerprint density at radius 3 is 1.88 bits per heavy atom. The van der Waals surface area contributed by atoms with Crippen LogP contribution in [0.1, 0.15) is 13.3 Å². The van der Waals surface area contributed by atoms with E-state index in [4.69, 9.17) is 20.1 Å². The standard InChI is InChI=1S/C10H12O7/c1-2-5(3-6-4-17-6)10(7(11)12,8(13)14)9(15)16/h2,6H,3-4H2,1H3,(H,11,12)(H,13,14)(H,15,16)/b5-2+. The summed E-state index contributed by atoms with van der Waals surface area (Å²) in [4.78, 5) is 33.2. The van der Waals surface area contributed by atoms with Crippen molar-refractivity contribution in [3.05, 3.63) is 11.6 Å². The molecule has 7 heteroatoms. The molecular weight excluding hydrogens is 232 g/mol. The lowest BCUT2D eigenvalue weighted by atomic mass is 9.77. The van der Waals surface area contributed by atoms with Crippen molar-refractivity contribution in [1.82, 2.24) is 0 Å². The second kappa shape index (κ2) is 4.54. The molecule has 17 heavy (non-hydrogen) atoms. The maximum atomic E-state index is 11.1. The van der Waals surface area contributed by atoms with Crippen LogP contribution in [0.3, 0.4) is 0 Å². The van der Waals surface area contributed by atoms with Crippen LogP contribution in [0.2, 0.25) is 0 Å². The van der Waals surface area contributed by atoms with Crippen LogP contribution in [0.4, 0.5) is 0 Å². The molecule has 1 aliphatic rings. The molecule has 0 amide bonds. The number of ether oxygens (including phenoxy) is 1. The van der Waals surface area contributed by atoms with Crippen molar-refractivity contribution < 1.29 is 34.4 Å². The summed E-state index contributed by atoms with van der Waals surface area (Å²) in [5.74, 6) is -5.73. The molecule has 0 aliphatic carbocycles. The molecule has 1 atom stereocenters. The van der Waals surface area contributed by atoms with Gasteiger partial charge in [0.05, 0.1) is 12.7 Å². The molecule has 0 saturated carbocycles. The quantitative estimate of drug-likeness (QED) is 0.340. The summed E-state index contributed by atoms with van der Waals surface area (Å²) in [6.07, 6.45) is 0.901. The van der Waals surface area contributed by atoms with Gasteiger partial charge in [0.15, 0.2) is 0 Å². The highest BCUT2D eigenvalue weighted by molar-refractivity contribution is 6.19. The monoisotopic (exact) mass is 244 g/mol. The number of rotatable bonds is 6. The lowest BCUT2D eigenvalue weighted by Crippen LogP contribution is -2.48. The van der Waals surface area contributed by atoms with E-state index in [0.717, 1.165) is 0 Å². The zero-order valence-corrected chi connectivity index (χ0v) is 9.04. The van der Waals surface area contributed by atoms with E-state index in [1.807, 2.05) is 0 Å². The number of hydrogen-bond acceptors (Lipinski definition) is 4. The molecule has 0 aromatic heterocycles. The summed E-state index contributed by atoms with van der Waals surface area (Å²) in [5.41, 5.74) is -3.12. The minimum atomic E-state index is -2.93. The van der Waals surface area contributed by atoms with Gasteiger partial charge in [-0.3, -0.25) is 0 Å². The molecule has 0 aromatic carbocycles. The van der Waals surface area contributed by atoms with Crippen molar-refractivity contribution >= 4 is 17.9 Å². The lowest BCUT2D eigenvalue weighted by molar-refractivity contribution is -0.172. The molecule has 1 fully saturated rings. The molecule has 94 valence electrons. The third kappa shape index (κ3) is 2.14. The Kier molecular flexibility index (Phi) is 3.52. The number of epoxide rings is 1. The fourth-order valence-corrected chi connectivity index (χ4v) is 1.61. The predicted octanol–water partition coefficient (Wildman–Crippen LogP) is -0.0382. The number of carboxylic acids is 3. The molecule has 1 heterocycles. The number of carbonyl (C=O) groups is 3. The number of hydrogen-bond donors (Lipinski definition) is 3. The van der Waals surface area contributed by atoms with Gasteiger partial charge in [-0.25, -0.2) is 14.4 Å². The second-order valence-electron chi connectivity index (χ2n) is 3.64. The van der Waals surface area contributed by atoms with Gasteiger partial charge in [0, 0.05) is 0 Å². The second-order valence-corrected chi connectivity index (χ2v) is 3.64. The van der Waals surface area contributed by atoms with Gasteiger partial charge in [-0.1, -0.05) is 6.08 Å². The van der Waals surface area contributed by atoms with Crippen molar-refractivity contribution in [3.63, 3.8) is 0 Å². The zero-order valence-electron chi connectivity index (χ0n) is 9.04. The third-order valence-electron chi connectivity index (χ3n) is 2.64. The molecule has 0 radical (unpaired) electrons. The van der Waals surface area contributed by atoms with E-state index < -0.39 is 23.3 Å². The van der Waals surface area contributed by atoms with E-state index in [1.165, 1.54) is 13.0 Å². The highest BCUT2D eigenvalue weighted by atomic mass is 16.6. The first-order valence-electron chi connectivity index (χ1n) is 4.84. The van der Waals surface area contributed by atoms with Gasteiger partial charge in [0.1, 0.15) is 0 Å². The van der Waals surface area contributed by atoms with Crippen LogP contribution in [0.15, 0.2) is 11.6 Å². The minimum Gasteiger partial charge on any atom is -0.480 e. The molecule has 0 spiro atoms. The van der Waals surface area contributed by atoms with Crippen LogP contribution in [-0.2, 0) is 19.1 Å². The Morgan fingerprint density at radius 1 is 1.24 bits per heavy atom. The normalized spacial score (nSPS) is 19.8. The Labute approximate surface area is 96.3 Å². The smallest absolute Gasteiger partial charge is 0.337 e. The zero-order chi connectivity index (χ0) is 13.2. The van der Waals surface area contributed by atoms with Gasteiger partial charge >= 0.3 is 17.9 Å². The average molecular weight is 244 g/mol. The first-order chi connectivity index (χ1) is 7.87. The number of allylic oxidation sites excluding steroid dienone is 1. The molecular formula is C10H12O7. The Morgan fingerprint density at radius 2 is 1.65 bits per heavy atom. The predicted molar refractivity (Wildman–Crippen MR) is 53.5 cm³/mol. The summed E-state index contributed by atoms with van der Waals surface area (Å²) < 4.78 is 4.86. The van der Waals surface area contributed by atoms with Crippen molar-refractivity contribution in [3.8, 4) is 0 Å². The van der Waals surface area contributed by atoms with E-state index in [0.29, 0.717) is 6.61 Å². The Hall–Kier alpha value is -1.89. The van der Waals surface area contributed by atoms with E-state index in [1.54, 1.807) is 0 Å². The van der Waals surface area contributed by atoms with Gasteiger partial charge in [0.25, 0.3) is 5.41 Å². The Balaban J connectivity index is 3.22. The maximum Gasteiger partial charge on any atom is 0.337 e. The fourth-order valence-electron chi connectivity index (χ4n) is 1.61. The highest BCUT2D eigenvalue weighted by Gasteiger charge is 2.57. The van der Waals surface area contributed by atoms with Crippen LogP contribution in [-0.4, -0.2) is 45.9 Å². The van der Waals surface area contributed by atoms with Crippen LogP contribution in [0.5, 0.6) is 0 Å². The first-order valence-corrected chi connectivity index (χ1v) is 4.84. The molecule has 0 aromatic rings. The van der Waals surface area contributed by atoms with E-state index in [2.05, 4.69) is 0 Å². The first kappa shape index (κ1) is 13.2. The largest absolute Gasteiger partial charge is 0.480 e. The van der Waals surface area contributed by atoms with Gasteiger partial charge < -0.3 is 20.1 Å². The van der Waals surface area contributed by atoms with Crippen LogP contribution >= 0.6 is 0 Å². The summed E-state index contributed by atoms with van der Waals surface area (Å²) >= 11 is 0. The fraction of sp³-hybridized carbons (Fsp3) is 0.500. The number of aliphatic carboxylic acids is 3. The molecule has 1 unspecified atom stereocenters. The summed E-state index contributed by atoms with van der Waals surface area (Å²) in [5, 5.41) is 26.9.